The fraction of sp³-hybridized carbons (Fsp3) is 0.600. The average molecular weight is 322 g/mol. The molecule has 0 radical (unpaired) electrons. The Morgan fingerprint density at radius 3 is 2.60 bits per heavy atom. The summed E-state index contributed by atoms with van der Waals surface area (Å²) < 4.78 is 7.79. The van der Waals surface area contributed by atoms with Crippen LogP contribution in [0.25, 0.3) is 0 Å². The molecule has 5 heteroatoms. The predicted molar refractivity (Wildman–Crippen MR) is 65.5 cm³/mol. The van der Waals surface area contributed by atoms with E-state index in [2.05, 4.69) is 27.7 Å². The number of aromatic nitrogens is 2. The number of rotatable bonds is 2. The molecule has 0 bridgehead atoms. The topological polar surface area (TPSA) is 44.1 Å². The van der Waals surface area contributed by atoms with Gasteiger partial charge in [-0.3, -0.25) is 4.79 Å². The first-order chi connectivity index (χ1) is 6.78. The summed E-state index contributed by atoms with van der Waals surface area (Å²) in [6.45, 7) is 7.62. The fourth-order valence-corrected chi connectivity index (χ4v) is 1.85. The smallest absolute Gasteiger partial charge is 0.328 e. The SMILES string of the molecule is Cc1cc(I)n(CC(=O)OC(C)(C)C)n1. The maximum absolute atomic E-state index is 11.5. The van der Waals surface area contributed by atoms with Crippen LogP contribution in [0.2, 0.25) is 0 Å². The summed E-state index contributed by atoms with van der Waals surface area (Å²) in [5.41, 5.74) is 0.466. The molecule has 0 aliphatic carbocycles. The predicted octanol–water partition coefficient (Wildman–Crippen LogP) is 2.14. The lowest BCUT2D eigenvalue weighted by atomic mass is 10.2. The Morgan fingerprint density at radius 2 is 2.20 bits per heavy atom. The highest BCUT2D eigenvalue weighted by atomic mass is 127. The van der Waals surface area contributed by atoms with Crippen LogP contribution in [0.5, 0.6) is 0 Å². The van der Waals surface area contributed by atoms with Gasteiger partial charge in [-0.25, -0.2) is 4.68 Å². The lowest BCUT2D eigenvalue weighted by molar-refractivity contribution is -0.155. The zero-order chi connectivity index (χ0) is 11.6. The number of nitrogens with zero attached hydrogens (tertiary/aromatic N) is 2. The molecule has 0 atom stereocenters. The number of halogens is 1. The molecular formula is C10H15IN2O2. The molecule has 0 spiro atoms. The van der Waals surface area contributed by atoms with E-state index in [9.17, 15) is 4.79 Å². The first-order valence-corrected chi connectivity index (χ1v) is 5.77. The van der Waals surface area contributed by atoms with Crippen LogP contribution in [0, 0.1) is 10.6 Å². The normalized spacial score (nSPS) is 11.5. The number of carbonyl (C=O) groups excluding carboxylic acids is 1. The van der Waals surface area contributed by atoms with Crippen molar-refractivity contribution >= 4 is 28.6 Å². The highest BCUT2D eigenvalue weighted by Crippen LogP contribution is 2.10. The summed E-state index contributed by atoms with van der Waals surface area (Å²) in [4.78, 5) is 11.5. The molecule has 1 aromatic rings. The van der Waals surface area contributed by atoms with Crippen molar-refractivity contribution in [2.45, 2.75) is 39.8 Å². The quantitative estimate of drug-likeness (QED) is 0.619. The summed E-state index contributed by atoms with van der Waals surface area (Å²) in [6, 6.07) is 1.92. The Morgan fingerprint density at radius 1 is 1.60 bits per heavy atom. The van der Waals surface area contributed by atoms with Crippen LogP contribution in [-0.4, -0.2) is 21.4 Å². The highest BCUT2D eigenvalue weighted by Gasteiger charge is 2.17. The lowest BCUT2D eigenvalue weighted by Crippen LogP contribution is -2.27. The van der Waals surface area contributed by atoms with Crippen LogP contribution in [0.4, 0.5) is 0 Å². The van der Waals surface area contributed by atoms with Gasteiger partial charge in [0.05, 0.1) is 9.39 Å². The van der Waals surface area contributed by atoms with Gasteiger partial charge in [0.1, 0.15) is 12.1 Å². The van der Waals surface area contributed by atoms with E-state index in [0.717, 1.165) is 9.39 Å². The monoisotopic (exact) mass is 322 g/mol. The number of esters is 1. The Labute approximate surface area is 103 Å². The molecule has 1 aromatic heterocycles. The van der Waals surface area contributed by atoms with E-state index < -0.39 is 5.60 Å². The van der Waals surface area contributed by atoms with Crippen molar-refractivity contribution in [3.63, 3.8) is 0 Å². The van der Waals surface area contributed by atoms with Gasteiger partial charge in [-0.05, 0) is 56.4 Å². The molecular weight excluding hydrogens is 307 g/mol. The van der Waals surface area contributed by atoms with Crippen LogP contribution in [0.15, 0.2) is 6.07 Å². The Kier molecular flexibility index (Phi) is 3.75. The van der Waals surface area contributed by atoms with Crippen LogP contribution in [-0.2, 0) is 16.1 Å². The average Bonchev–Trinajstić information content (AvgIpc) is 2.25. The molecule has 0 aliphatic heterocycles. The van der Waals surface area contributed by atoms with Crippen LogP contribution >= 0.6 is 22.6 Å². The van der Waals surface area contributed by atoms with Gasteiger partial charge < -0.3 is 4.74 Å². The standard InChI is InChI=1S/C10H15IN2O2/c1-7-5-8(11)13(12-7)6-9(14)15-10(2,3)4/h5H,6H2,1-4H3. The van der Waals surface area contributed by atoms with E-state index >= 15 is 0 Å². The van der Waals surface area contributed by atoms with Gasteiger partial charge in [0.2, 0.25) is 0 Å². The number of carbonyl (C=O) groups is 1. The van der Waals surface area contributed by atoms with E-state index in [1.807, 2.05) is 33.8 Å². The molecule has 0 fully saturated rings. The van der Waals surface area contributed by atoms with Crippen molar-refractivity contribution in [3.05, 3.63) is 15.5 Å². The minimum absolute atomic E-state index is 0.170. The van der Waals surface area contributed by atoms with E-state index in [-0.39, 0.29) is 12.5 Å². The second-order valence-electron chi connectivity index (χ2n) is 4.35. The van der Waals surface area contributed by atoms with Crippen molar-refractivity contribution in [1.29, 1.82) is 0 Å². The van der Waals surface area contributed by atoms with E-state index in [4.69, 9.17) is 4.74 Å². The van der Waals surface area contributed by atoms with Crippen LogP contribution < -0.4 is 0 Å². The molecule has 0 aliphatic rings. The molecule has 1 heterocycles. The van der Waals surface area contributed by atoms with Crippen molar-refractivity contribution in [3.8, 4) is 0 Å². The van der Waals surface area contributed by atoms with Crippen molar-refractivity contribution < 1.29 is 9.53 Å². The molecule has 0 amide bonds. The summed E-state index contributed by atoms with van der Waals surface area (Å²) in [5, 5.41) is 4.19. The van der Waals surface area contributed by atoms with Gasteiger partial charge in [0.25, 0.3) is 0 Å². The molecule has 84 valence electrons. The summed E-state index contributed by atoms with van der Waals surface area (Å²) >= 11 is 2.14. The molecule has 15 heavy (non-hydrogen) atoms. The Hall–Kier alpha value is -0.590. The largest absolute Gasteiger partial charge is 0.459 e. The molecule has 4 nitrogen and oxygen atoms in total. The van der Waals surface area contributed by atoms with Crippen molar-refractivity contribution in [1.82, 2.24) is 9.78 Å². The summed E-state index contributed by atoms with van der Waals surface area (Å²) in [6.07, 6.45) is 0. The van der Waals surface area contributed by atoms with E-state index in [0.29, 0.717) is 0 Å². The minimum atomic E-state index is -0.440. The lowest BCUT2D eigenvalue weighted by Gasteiger charge is -2.19. The maximum Gasteiger partial charge on any atom is 0.328 e. The third-order valence-electron chi connectivity index (χ3n) is 1.55. The van der Waals surface area contributed by atoms with Gasteiger partial charge in [0, 0.05) is 0 Å². The molecule has 0 unspecified atom stereocenters. The molecule has 0 N–H and O–H groups in total. The second-order valence-corrected chi connectivity index (χ2v) is 5.46. The van der Waals surface area contributed by atoms with Crippen molar-refractivity contribution in [2.75, 3.05) is 0 Å². The first kappa shape index (κ1) is 12.5. The zero-order valence-electron chi connectivity index (χ0n) is 9.37. The summed E-state index contributed by atoms with van der Waals surface area (Å²) in [7, 11) is 0. The molecule has 0 aromatic carbocycles. The van der Waals surface area contributed by atoms with Crippen LogP contribution in [0.3, 0.4) is 0 Å². The third kappa shape index (κ3) is 4.19. The van der Waals surface area contributed by atoms with Gasteiger partial charge in [-0.2, -0.15) is 5.10 Å². The number of hydrogen-bond acceptors (Lipinski definition) is 3. The van der Waals surface area contributed by atoms with Crippen LogP contribution in [0.1, 0.15) is 26.5 Å². The highest BCUT2D eigenvalue weighted by molar-refractivity contribution is 14.1. The second kappa shape index (κ2) is 4.51. The Balaban J connectivity index is 2.63. The molecule has 0 saturated heterocycles. The fourth-order valence-electron chi connectivity index (χ4n) is 1.12. The van der Waals surface area contributed by atoms with Gasteiger partial charge in [-0.15, -0.1) is 0 Å². The van der Waals surface area contributed by atoms with E-state index in [1.165, 1.54) is 0 Å². The zero-order valence-corrected chi connectivity index (χ0v) is 11.5. The van der Waals surface area contributed by atoms with E-state index in [1.54, 1.807) is 4.68 Å². The number of ether oxygens (including phenoxy) is 1. The maximum atomic E-state index is 11.5. The molecule has 1 rings (SSSR count). The number of aryl methyl sites for hydroxylation is 1. The minimum Gasteiger partial charge on any atom is -0.459 e. The van der Waals surface area contributed by atoms with Gasteiger partial charge in [0.15, 0.2) is 0 Å². The Bertz CT molecular complexity index is 366. The summed E-state index contributed by atoms with van der Waals surface area (Å²) in [5.74, 6) is -0.261. The molecule has 0 saturated carbocycles. The van der Waals surface area contributed by atoms with Crippen molar-refractivity contribution in [2.24, 2.45) is 0 Å². The van der Waals surface area contributed by atoms with Gasteiger partial charge >= 0.3 is 5.97 Å². The third-order valence-corrected chi connectivity index (χ3v) is 2.42. The van der Waals surface area contributed by atoms with Gasteiger partial charge in [-0.1, -0.05) is 0 Å². The number of hydrogen-bond donors (Lipinski definition) is 0. The first-order valence-electron chi connectivity index (χ1n) is 4.70.